The van der Waals surface area contributed by atoms with Gasteiger partial charge in [0, 0.05) is 0 Å². The van der Waals surface area contributed by atoms with Gasteiger partial charge in [-0.2, -0.15) is 0 Å². The summed E-state index contributed by atoms with van der Waals surface area (Å²) in [6, 6.07) is 0. The molecule has 1 N–H and O–H groups in total. The van der Waals surface area contributed by atoms with Crippen LogP contribution >= 0.6 is 0 Å². The van der Waals surface area contributed by atoms with Crippen molar-refractivity contribution in [1.29, 1.82) is 0 Å². The smallest absolute Gasteiger partial charge is 0.329 e. The maximum Gasteiger partial charge on any atom is 0.329 e. The second-order valence-corrected chi connectivity index (χ2v) is 7.18. The van der Waals surface area contributed by atoms with E-state index in [1.807, 2.05) is 20.0 Å². The standard InChI is InChI=1S/C10H19NO3Si/c1-4-5-6-10(9(13)14)7-8(12)11(10)15(2)3/h15H,4-7H2,1-3H3,(H,13,14). The van der Waals surface area contributed by atoms with Crippen LogP contribution in [0, 0.1) is 0 Å². The summed E-state index contributed by atoms with van der Waals surface area (Å²) in [5.41, 5.74) is -0.854. The van der Waals surface area contributed by atoms with Gasteiger partial charge in [0.2, 0.25) is 5.91 Å². The first kappa shape index (κ1) is 12.2. The van der Waals surface area contributed by atoms with Crippen LogP contribution in [-0.4, -0.2) is 36.0 Å². The number of carboxylic acid groups (broad SMARTS) is 1. The molecular formula is C10H19NO3Si. The van der Waals surface area contributed by atoms with E-state index in [4.69, 9.17) is 0 Å². The van der Waals surface area contributed by atoms with E-state index in [1.54, 1.807) is 4.57 Å². The van der Waals surface area contributed by atoms with Gasteiger partial charge >= 0.3 is 5.97 Å². The second-order valence-electron chi connectivity index (χ2n) is 4.47. The maximum absolute atomic E-state index is 11.5. The van der Waals surface area contributed by atoms with Crippen molar-refractivity contribution in [3.63, 3.8) is 0 Å². The molecule has 1 saturated heterocycles. The van der Waals surface area contributed by atoms with Crippen LogP contribution in [0.15, 0.2) is 0 Å². The Morgan fingerprint density at radius 3 is 2.53 bits per heavy atom. The molecule has 0 aromatic heterocycles. The Labute approximate surface area is 92.0 Å². The highest BCUT2D eigenvalue weighted by molar-refractivity contribution is 6.57. The first-order valence-corrected chi connectivity index (χ1v) is 8.34. The molecule has 0 aliphatic carbocycles. The molecule has 86 valence electrons. The van der Waals surface area contributed by atoms with E-state index in [0.29, 0.717) is 6.42 Å². The molecular weight excluding hydrogens is 210 g/mol. The average Bonchev–Trinajstić information content (AvgIpc) is 2.09. The van der Waals surface area contributed by atoms with Crippen molar-refractivity contribution in [2.75, 3.05) is 0 Å². The molecule has 0 aromatic carbocycles. The Morgan fingerprint density at radius 1 is 1.60 bits per heavy atom. The molecule has 1 fully saturated rings. The highest BCUT2D eigenvalue weighted by Crippen LogP contribution is 2.37. The zero-order valence-corrected chi connectivity index (χ0v) is 10.8. The molecule has 15 heavy (non-hydrogen) atoms. The third-order valence-electron chi connectivity index (χ3n) is 3.03. The van der Waals surface area contributed by atoms with Crippen LogP contribution in [0.25, 0.3) is 0 Å². The van der Waals surface area contributed by atoms with E-state index in [-0.39, 0.29) is 12.3 Å². The Kier molecular flexibility index (Phi) is 3.54. The van der Waals surface area contributed by atoms with Gasteiger partial charge in [0.15, 0.2) is 0 Å². The summed E-state index contributed by atoms with van der Waals surface area (Å²) in [4.78, 5) is 22.8. The zero-order valence-electron chi connectivity index (χ0n) is 9.62. The molecule has 1 rings (SSSR count). The predicted molar refractivity (Wildman–Crippen MR) is 60.2 cm³/mol. The molecule has 4 nitrogen and oxygen atoms in total. The van der Waals surface area contributed by atoms with Crippen LogP contribution in [0.5, 0.6) is 0 Å². The SMILES string of the molecule is CCCCC1(C(=O)O)CC(=O)N1[SiH](C)C. The molecule has 1 unspecified atom stereocenters. The number of unbranched alkanes of at least 4 members (excludes halogenated alkanes) is 1. The first-order valence-electron chi connectivity index (χ1n) is 5.51. The highest BCUT2D eigenvalue weighted by atomic mass is 28.3. The van der Waals surface area contributed by atoms with E-state index in [9.17, 15) is 14.7 Å². The van der Waals surface area contributed by atoms with Crippen molar-refractivity contribution in [2.24, 2.45) is 0 Å². The van der Waals surface area contributed by atoms with Crippen molar-refractivity contribution in [3.8, 4) is 0 Å². The van der Waals surface area contributed by atoms with Crippen LogP contribution in [0.4, 0.5) is 0 Å². The van der Waals surface area contributed by atoms with Crippen molar-refractivity contribution >= 4 is 20.8 Å². The largest absolute Gasteiger partial charge is 0.480 e. The summed E-state index contributed by atoms with van der Waals surface area (Å²) in [7, 11) is -1.36. The van der Waals surface area contributed by atoms with Crippen LogP contribution in [0.1, 0.15) is 32.6 Å². The molecule has 1 heterocycles. The van der Waals surface area contributed by atoms with Crippen LogP contribution < -0.4 is 0 Å². The van der Waals surface area contributed by atoms with E-state index >= 15 is 0 Å². The van der Waals surface area contributed by atoms with Gasteiger partial charge in [0.1, 0.15) is 14.5 Å². The second kappa shape index (κ2) is 4.34. The number of hydrogen-bond donors (Lipinski definition) is 1. The third kappa shape index (κ3) is 1.93. The topological polar surface area (TPSA) is 57.6 Å². The average molecular weight is 229 g/mol. The van der Waals surface area contributed by atoms with Crippen LogP contribution in [0.2, 0.25) is 13.1 Å². The number of aliphatic carboxylic acids is 1. The molecule has 0 aromatic rings. The molecule has 5 heteroatoms. The van der Waals surface area contributed by atoms with E-state index < -0.39 is 20.5 Å². The quantitative estimate of drug-likeness (QED) is 0.569. The molecule has 1 aliphatic rings. The number of β-lactam (4-membered cyclic amide) rings is 1. The number of nitrogens with zero attached hydrogens (tertiary/aromatic N) is 1. The molecule has 0 spiro atoms. The predicted octanol–water partition coefficient (Wildman–Crippen LogP) is 1.22. The fraction of sp³-hybridized carbons (Fsp3) is 0.800. The monoisotopic (exact) mass is 229 g/mol. The van der Waals surface area contributed by atoms with Gasteiger partial charge in [-0.05, 0) is 6.42 Å². The molecule has 1 atom stereocenters. The van der Waals surface area contributed by atoms with E-state index in [0.717, 1.165) is 12.8 Å². The Hall–Kier alpha value is -0.843. The minimum absolute atomic E-state index is 0.0233. The summed E-state index contributed by atoms with van der Waals surface area (Å²) >= 11 is 0. The number of carboxylic acids is 1. The Balaban J connectivity index is 2.83. The lowest BCUT2D eigenvalue weighted by molar-refractivity contribution is -0.168. The lowest BCUT2D eigenvalue weighted by atomic mass is 9.82. The van der Waals surface area contributed by atoms with Crippen molar-refractivity contribution in [2.45, 2.75) is 51.2 Å². The lowest BCUT2D eigenvalue weighted by Gasteiger charge is -2.51. The molecule has 0 bridgehead atoms. The molecule has 1 amide bonds. The lowest BCUT2D eigenvalue weighted by Crippen LogP contribution is -2.71. The molecule has 0 radical (unpaired) electrons. The van der Waals surface area contributed by atoms with Crippen molar-refractivity contribution in [3.05, 3.63) is 0 Å². The van der Waals surface area contributed by atoms with Crippen LogP contribution in [0.3, 0.4) is 0 Å². The van der Waals surface area contributed by atoms with E-state index in [2.05, 4.69) is 0 Å². The summed E-state index contributed by atoms with van der Waals surface area (Å²) in [5.74, 6) is -0.799. The number of rotatable bonds is 5. The number of carbonyl (C=O) groups excluding carboxylic acids is 1. The number of amides is 1. The van der Waals surface area contributed by atoms with Gasteiger partial charge in [-0.15, -0.1) is 0 Å². The summed E-state index contributed by atoms with van der Waals surface area (Å²) < 4.78 is 1.66. The number of hydrogen-bond acceptors (Lipinski definition) is 2. The van der Waals surface area contributed by atoms with E-state index in [1.165, 1.54) is 0 Å². The Morgan fingerprint density at radius 2 is 2.20 bits per heavy atom. The maximum atomic E-state index is 11.5. The van der Waals surface area contributed by atoms with Gasteiger partial charge in [0.05, 0.1) is 6.42 Å². The Bertz CT molecular complexity index is 280. The molecule has 0 saturated carbocycles. The first-order chi connectivity index (χ1) is 6.95. The van der Waals surface area contributed by atoms with Gasteiger partial charge in [-0.1, -0.05) is 32.9 Å². The summed E-state index contributed by atoms with van der Waals surface area (Å²) in [5, 5.41) is 9.28. The molecule has 1 aliphatic heterocycles. The van der Waals surface area contributed by atoms with Gasteiger partial charge in [-0.3, -0.25) is 4.79 Å². The summed E-state index contributed by atoms with van der Waals surface area (Å²) in [6.45, 7) is 6.04. The van der Waals surface area contributed by atoms with Crippen molar-refractivity contribution in [1.82, 2.24) is 4.57 Å². The fourth-order valence-corrected chi connectivity index (χ4v) is 4.30. The normalized spacial score (nSPS) is 25.6. The minimum atomic E-state index is -1.36. The fourth-order valence-electron chi connectivity index (χ4n) is 2.31. The van der Waals surface area contributed by atoms with Crippen molar-refractivity contribution < 1.29 is 14.7 Å². The van der Waals surface area contributed by atoms with Gasteiger partial charge in [0.25, 0.3) is 0 Å². The minimum Gasteiger partial charge on any atom is -0.480 e. The highest BCUT2D eigenvalue weighted by Gasteiger charge is 2.56. The zero-order chi connectivity index (χ0) is 11.6. The number of carbonyl (C=O) groups is 2. The third-order valence-corrected chi connectivity index (χ3v) is 4.85. The summed E-state index contributed by atoms with van der Waals surface area (Å²) in [6.07, 6.45) is 2.65. The van der Waals surface area contributed by atoms with Gasteiger partial charge < -0.3 is 9.67 Å². The van der Waals surface area contributed by atoms with Crippen LogP contribution in [-0.2, 0) is 9.59 Å². The van der Waals surface area contributed by atoms with Gasteiger partial charge in [-0.25, -0.2) is 4.79 Å².